The monoisotopic (exact) mass is 339 g/mol. The van der Waals surface area contributed by atoms with E-state index in [4.69, 9.17) is 10.5 Å². The van der Waals surface area contributed by atoms with Gasteiger partial charge in [0.05, 0.1) is 9.77 Å². The van der Waals surface area contributed by atoms with Crippen molar-refractivity contribution in [3.05, 3.63) is 52.7 Å². The smallest absolute Gasteiger partial charge is 0.339 e. The number of thiophene rings is 1. The second-order valence-electron chi connectivity index (χ2n) is 4.29. The van der Waals surface area contributed by atoms with E-state index in [1.165, 1.54) is 35.6 Å². The fraction of sp³-hybridized carbons (Fsp3) is 0.143. The lowest BCUT2D eigenvalue weighted by Crippen LogP contribution is -2.40. The molecule has 0 amide bonds. The van der Waals surface area contributed by atoms with Crippen LogP contribution in [0.3, 0.4) is 0 Å². The number of ether oxygens (including phenoxy) is 1. The van der Waals surface area contributed by atoms with Crippen molar-refractivity contribution in [3.8, 4) is 0 Å². The van der Waals surface area contributed by atoms with Gasteiger partial charge in [0, 0.05) is 0 Å². The summed E-state index contributed by atoms with van der Waals surface area (Å²) < 4.78 is 29.0. The van der Waals surface area contributed by atoms with Gasteiger partial charge in [-0.05, 0) is 23.6 Å². The van der Waals surface area contributed by atoms with Gasteiger partial charge in [-0.1, -0.05) is 24.3 Å². The maximum absolute atomic E-state index is 12.1. The van der Waals surface area contributed by atoms with Gasteiger partial charge in [0.25, 0.3) is 0 Å². The minimum atomic E-state index is -4.05. The van der Waals surface area contributed by atoms with Crippen LogP contribution in [0.2, 0.25) is 0 Å². The normalized spacial score (nSPS) is 12.6. The zero-order valence-corrected chi connectivity index (χ0v) is 13.0. The van der Waals surface area contributed by atoms with Gasteiger partial charge in [-0.3, -0.25) is 4.79 Å². The molecule has 0 bridgehead atoms. The van der Waals surface area contributed by atoms with Crippen molar-refractivity contribution in [1.29, 1.82) is 0 Å². The molecule has 0 saturated heterocycles. The third-order valence-corrected chi connectivity index (χ3v) is 5.48. The Hall–Kier alpha value is -2.03. The Bertz CT molecular complexity index is 754. The predicted molar refractivity (Wildman–Crippen MR) is 81.2 cm³/mol. The number of ketones is 1. The first-order chi connectivity index (χ1) is 10.4. The second kappa shape index (κ2) is 6.82. The van der Waals surface area contributed by atoms with Crippen molar-refractivity contribution >= 4 is 32.9 Å². The molecule has 1 heterocycles. The number of carbonyl (C=O) groups excluding carboxylic acids is 2. The van der Waals surface area contributed by atoms with Gasteiger partial charge in [-0.25, -0.2) is 13.2 Å². The summed E-state index contributed by atoms with van der Waals surface area (Å²) >= 11 is 1.20. The predicted octanol–water partition coefficient (Wildman–Crippen LogP) is 1.23. The van der Waals surface area contributed by atoms with E-state index >= 15 is 0 Å². The highest BCUT2D eigenvalue weighted by atomic mass is 32.2. The highest BCUT2D eigenvalue weighted by Crippen LogP contribution is 2.14. The first-order valence-corrected chi connectivity index (χ1v) is 8.63. The van der Waals surface area contributed by atoms with Gasteiger partial charge in [-0.2, -0.15) is 0 Å². The molecule has 2 aromatic rings. The lowest BCUT2D eigenvalue weighted by molar-refractivity contribution is -0.141. The highest BCUT2D eigenvalue weighted by Gasteiger charge is 2.32. The van der Waals surface area contributed by atoms with Crippen LogP contribution in [0.1, 0.15) is 9.67 Å². The molecule has 0 saturated carbocycles. The minimum Gasteiger partial charge on any atom is -0.455 e. The summed E-state index contributed by atoms with van der Waals surface area (Å²) in [5, 5.41) is -0.160. The topological polar surface area (TPSA) is 104 Å². The van der Waals surface area contributed by atoms with Gasteiger partial charge in [0.2, 0.25) is 21.0 Å². The van der Waals surface area contributed by atoms with E-state index in [0.717, 1.165) is 0 Å². The fourth-order valence-electron chi connectivity index (χ4n) is 1.61. The number of benzene rings is 1. The highest BCUT2D eigenvalue weighted by molar-refractivity contribution is 7.92. The molecule has 0 fully saturated rings. The van der Waals surface area contributed by atoms with Crippen LogP contribution in [-0.2, 0) is 19.4 Å². The Labute approximate surface area is 131 Å². The van der Waals surface area contributed by atoms with Crippen LogP contribution < -0.4 is 5.73 Å². The van der Waals surface area contributed by atoms with Crippen molar-refractivity contribution in [2.24, 2.45) is 5.73 Å². The number of hydrogen-bond acceptors (Lipinski definition) is 7. The van der Waals surface area contributed by atoms with Gasteiger partial charge < -0.3 is 10.5 Å². The van der Waals surface area contributed by atoms with Crippen LogP contribution in [0.25, 0.3) is 0 Å². The van der Waals surface area contributed by atoms with E-state index in [1.807, 2.05) is 0 Å². The van der Waals surface area contributed by atoms with Gasteiger partial charge in [0.1, 0.15) is 0 Å². The molecule has 1 aromatic carbocycles. The number of sulfone groups is 1. The summed E-state index contributed by atoms with van der Waals surface area (Å²) in [7, 11) is -4.05. The van der Waals surface area contributed by atoms with Crippen LogP contribution in [-0.4, -0.2) is 32.2 Å². The van der Waals surface area contributed by atoms with Gasteiger partial charge in [0.15, 0.2) is 6.61 Å². The van der Waals surface area contributed by atoms with Gasteiger partial charge in [-0.15, -0.1) is 11.3 Å². The van der Waals surface area contributed by atoms with Crippen LogP contribution in [0, 0.1) is 0 Å². The van der Waals surface area contributed by atoms with Crippen molar-refractivity contribution in [3.63, 3.8) is 0 Å². The Morgan fingerprint density at radius 2 is 1.82 bits per heavy atom. The number of carbonyl (C=O) groups is 2. The quantitative estimate of drug-likeness (QED) is 0.627. The van der Waals surface area contributed by atoms with E-state index in [9.17, 15) is 18.0 Å². The number of Topliss-reactive ketones (excluding diaryl/α,β-unsaturated/α-hetero) is 1. The Morgan fingerprint density at radius 1 is 1.14 bits per heavy atom. The molecule has 116 valence electrons. The standard InChI is InChI=1S/C14H13NO5S2/c15-13(22(18,19)10-5-2-1-3-6-10)14(17)20-9-11(16)12-7-4-8-21-12/h1-8,13H,9,15H2. The zero-order chi connectivity index (χ0) is 16.2. The minimum absolute atomic E-state index is 0.0796. The molecule has 0 aliphatic carbocycles. The molecule has 2 N–H and O–H groups in total. The molecule has 1 aromatic heterocycles. The van der Waals surface area contributed by atoms with Gasteiger partial charge >= 0.3 is 5.97 Å². The summed E-state index contributed by atoms with van der Waals surface area (Å²) in [6, 6.07) is 10.6. The maximum atomic E-state index is 12.1. The molecule has 8 heteroatoms. The summed E-state index contributed by atoms with van der Waals surface area (Å²) in [6.07, 6.45) is 0. The average molecular weight is 339 g/mol. The fourth-order valence-corrected chi connectivity index (χ4v) is 3.41. The van der Waals surface area contributed by atoms with Crippen LogP contribution >= 0.6 is 11.3 Å². The number of esters is 1. The van der Waals surface area contributed by atoms with Crippen molar-refractivity contribution in [2.75, 3.05) is 6.61 Å². The summed E-state index contributed by atoms with van der Waals surface area (Å²) in [5.41, 5.74) is 5.46. The molecule has 0 aliphatic heterocycles. The molecule has 0 aliphatic rings. The molecule has 1 atom stereocenters. The van der Waals surface area contributed by atoms with Crippen LogP contribution in [0.4, 0.5) is 0 Å². The van der Waals surface area contributed by atoms with E-state index in [-0.39, 0.29) is 4.90 Å². The molecule has 6 nitrogen and oxygen atoms in total. The molecule has 2 rings (SSSR count). The van der Waals surface area contributed by atoms with Crippen molar-refractivity contribution in [2.45, 2.75) is 10.3 Å². The van der Waals surface area contributed by atoms with E-state index in [1.54, 1.807) is 23.6 Å². The Kier molecular flexibility index (Phi) is 5.07. The molecular weight excluding hydrogens is 326 g/mol. The van der Waals surface area contributed by atoms with Crippen LogP contribution in [0.5, 0.6) is 0 Å². The lowest BCUT2D eigenvalue weighted by Gasteiger charge is -2.12. The number of hydrogen-bond donors (Lipinski definition) is 1. The summed E-state index contributed by atoms with van der Waals surface area (Å²) in [5.74, 6) is -1.57. The summed E-state index contributed by atoms with van der Waals surface area (Å²) in [4.78, 5) is 23.8. The lowest BCUT2D eigenvalue weighted by atomic mass is 10.3. The van der Waals surface area contributed by atoms with E-state index < -0.39 is 33.6 Å². The number of nitrogens with two attached hydrogens (primary N) is 1. The first kappa shape index (κ1) is 16.3. The third-order valence-electron chi connectivity index (χ3n) is 2.78. The van der Waals surface area contributed by atoms with Crippen LogP contribution in [0.15, 0.2) is 52.7 Å². The largest absolute Gasteiger partial charge is 0.455 e. The molecule has 0 spiro atoms. The number of rotatable bonds is 6. The second-order valence-corrected chi connectivity index (χ2v) is 7.30. The SMILES string of the molecule is NC(C(=O)OCC(=O)c1cccs1)S(=O)(=O)c1ccccc1. The Balaban J connectivity index is 2.02. The average Bonchev–Trinajstić information content (AvgIpc) is 3.06. The van der Waals surface area contributed by atoms with E-state index in [0.29, 0.717) is 4.88 Å². The molecular formula is C14H13NO5S2. The maximum Gasteiger partial charge on any atom is 0.339 e. The third kappa shape index (κ3) is 3.59. The molecule has 22 heavy (non-hydrogen) atoms. The summed E-state index contributed by atoms with van der Waals surface area (Å²) in [6.45, 7) is -0.544. The zero-order valence-electron chi connectivity index (χ0n) is 11.3. The molecule has 0 radical (unpaired) electrons. The first-order valence-electron chi connectivity index (χ1n) is 6.21. The van der Waals surface area contributed by atoms with Crippen molar-refractivity contribution in [1.82, 2.24) is 0 Å². The van der Waals surface area contributed by atoms with Crippen molar-refractivity contribution < 1.29 is 22.7 Å². The van der Waals surface area contributed by atoms with E-state index in [2.05, 4.69) is 0 Å². The Morgan fingerprint density at radius 3 is 2.41 bits per heavy atom. The molecule has 1 unspecified atom stereocenters.